The summed E-state index contributed by atoms with van der Waals surface area (Å²) in [6, 6.07) is 0. The van der Waals surface area contributed by atoms with Crippen LogP contribution in [0.2, 0.25) is 0 Å². The number of nitrogens with zero attached hydrogens (tertiary/aromatic N) is 1. The molecule has 1 aliphatic rings. The molecule has 3 heteroatoms. The second kappa shape index (κ2) is 3.06. The topological polar surface area (TPSA) is 32.6 Å². The highest BCUT2D eigenvalue weighted by atomic mass is 35.5. The van der Waals surface area contributed by atoms with Crippen molar-refractivity contribution >= 4 is 17.3 Å². The molecule has 9 heavy (non-hydrogen) atoms. The summed E-state index contributed by atoms with van der Waals surface area (Å²) in [4.78, 5) is 0. The van der Waals surface area contributed by atoms with Crippen molar-refractivity contribution in [2.45, 2.75) is 31.1 Å². The molecule has 0 saturated heterocycles. The van der Waals surface area contributed by atoms with Crippen LogP contribution in [0.1, 0.15) is 25.7 Å². The zero-order chi connectivity index (χ0) is 6.69. The van der Waals surface area contributed by atoms with Gasteiger partial charge in [0.25, 0.3) is 0 Å². The summed E-state index contributed by atoms with van der Waals surface area (Å²) in [6.07, 6.45) is 4.10. The van der Waals surface area contributed by atoms with Gasteiger partial charge in [-0.3, -0.25) is 0 Å². The molecule has 1 N–H and O–H groups in total. The highest BCUT2D eigenvalue weighted by Gasteiger charge is 2.17. The van der Waals surface area contributed by atoms with E-state index in [-0.39, 0.29) is 5.38 Å². The highest BCUT2D eigenvalue weighted by molar-refractivity contribution is 6.32. The minimum Gasteiger partial charge on any atom is -0.411 e. The molecule has 0 aliphatic heterocycles. The number of hydrogen-bond acceptors (Lipinski definition) is 2. The van der Waals surface area contributed by atoms with Crippen LogP contribution in [-0.2, 0) is 0 Å². The highest BCUT2D eigenvalue weighted by Crippen LogP contribution is 2.19. The molecule has 0 aromatic heterocycles. The van der Waals surface area contributed by atoms with Gasteiger partial charge in [0, 0.05) is 0 Å². The summed E-state index contributed by atoms with van der Waals surface area (Å²) in [6.45, 7) is 0. The summed E-state index contributed by atoms with van der Waals surface area (Å²) < 4.78 is 0. The van der Waals surface area contributed by atoms with Gasteiger partial charge in [0.1, 0.15) is 0 Å². The largest absolute Gasteiger partial charge is 0.411 e. The molecule has 0 aromatic rings. The second-order valence-electron chi connectivity index (χ2n) is 2.30. The first kappa shape index (κ1) is 6.87. The van der Waals surface area contributed by atoms with E-state index in [0.29, 0.717) is 0 Å². The Morgan fingerprint density at radius 1 is 1.56 bits per heavy atom. The van der Waals surface area contributed by atoms with Crippen molar-refractivity contribution in [3.05, 3.63) is 0 Å². The fraction of sp³-hybridized carbons (Fsp3) is 0.833. The maximum Gasteiger partial charge on any atom is 0.0751 e. The molecule has 0 heterocycles. The van der Waals surface area contributed by atoms with Crippen molar-refractivity contribution in [3.63, 3.8) is 0 Å². The fourth-order valence-corrected chi connectivity index (χ4v) is 1.37. The Hall–Kier alpha value is -0.240. The third kappa shape index (κ3) is 1.58. The maximum atomic E-state index is 8.36. The predicted molar refractivity (Wildman–Crippen MR) is 37.3 cm³/mol. The first-order valence-corrected chi connectivity index (χ1v) is 3.63. The molecule has 1 unspecified atom stereocenters. The Morgan fingerprint density at radius 2 is 2.33 bits per heavy atom. The Kier molecular flexibility index (Phi) is 2.34. The monoisotopic (exact) mass is 147 g/mol. The standard InChI is InChI=1S/C6H10ClNO/c7-5-3-1-2-4-6(5)8-9/h5,9H,1-4H2. The average molecular weight is 148 g/mol. The molecule has 1 saturated carbocycles. The van der Waals surface area contributed by atoms with Crippen LogP contribution in [0.4, 0.5) is 0 Å². The number of alkyl halides is 1. The SMILES string of the molecule is ON=C1CCCCC1Cl. The van der Waals surface area contributed by atoms with Gasteiger partial charge in [0.05, 0.1) is 11.1 Å². The van der Waals surface area contributed by atoms with Crippen molar-refractivity contribution in [2.75, 3.05) is 0 Å². The molecule has 0 spiro atoms. The molecular weight excluding hydrogens is 138 g/mol. The van der Waals surface area contributed by atoms with Gasteiger partial charge < -0.3 is 5.21 Å². The number of halogens is 1. The zero-order valence-corrected chi connectivity index (χ0v) is 5.93. The molecule has 1 aliphatic carbocycles. The maximum absolute atomic E-state index is 8.36. The van der Waals surface area contributed by atoms with E-state index in [9.17, 15) is 0 Å². The van der Waals surface area contributed by atoms with E-state index >= 15 is 0 Å². The molecule has 0 amide bonds. The van der Waals surface area contributed by atoms with E-state index in [1.807, 2.05) is 0 Å². The van der Waals surface area contributed by atoms with Gasteiger partial charge in [0.15, 0.2) is 0 Å². The Labute approximate surface area is 59.5 Å². The van der Waals surface area contributed by atoms with Crippen LogP contribution in [0.5, 0.6) is 0 Å². The zero-order valence-electron chi connectivity index (χ0n) is 5.18. The number of oxime groups is 1. The minimum atomic E-state index is -0.0104. The van der Waals surface area contributed by atoms with Gasteiger partial charge in [-0.2, -0.15) is 0 Å². The van der Waals surface area contributed by atoms with Crippen LogP contribution < -0.4 is 0 Å². The Bertz CT molecular complexity index is 124. The van der Waals surface area contributed by atoms with E-state index in [0.717, 1.165) is 31.4 Å². The van der Waals surface area contributed by atoms with Crippen LogP contribution >= 0.6 is 11.6 Å². The molecule has 0 radical (unpaired) electrons. The van der Waals surface area contributed by atoms with E-state index in [2.05, 4.69) is 5.16 Å². The van der Waals surface area contributed by atoms with Crippen molar-refractivity contribution in [1.29, 1.82) is 0 Å². The third-order valence-electron chi connectivity index (χ3n) is 1.63. The van der Waals surface area contributed by atoms with E-state index in [4.69, 9.17) is 16.8 Å². The first-order valence-electron chi connectivity index (χ1n) is 3.19. The number of hydrogen-bond donors (Lipinski definition) is 1. The van der Waals surface area contributed by atoms with Gasteiger partial charge in [-0.15, -0.1) is 11.6 Å². The second-order valence-corrected chi connectivity index (χ2v) is 2.83. The molecule has 0 aromatic carbocycles. The summed E-state index contributed by atoms with van der Waals surface area (Å²) in [5.74, 6) is 0. The molecule has 1 rings (SSSR count). The molecule has 52 valence electrons. The Morgan fingerprint density at radius 3 is 2.78 bits per heavy atom. The van der Waals surface area contributed by atoms with Crippen molar-refractivity contribution in [3.8, 4) is 0 Å². The van der Waals surface area contributed by atoms with Crippen LogP contribution in [0.15, 0.2) is 5.16 Å². The lowest BCUT2D eigenvalue weighted by atomic mass is 9.98. The van der Waals surface area contributed by atoms with Crippen LogP contribution in [0.25, 0.3) is 0 Å². The third-order valence-corrected chi connectivity index (χ3v) is 2.10. The lowest BCUT2D eigenvalue weighted by molar-refractivity contribution is 0.314. The smallest absolute Gasteiger partial charge is 0.0751 e. The Balaban J connectivity index is 2.49. The summed E-state index contributed by atoms with van der Waals surface area (Å²) in [7, 11) is 0. The lowest BCUT2D eigenvalue weighted by Gasteiger charge is -2.15. The quantitative estimate of drug-likeness (QED) is 0.317. The molecule has 2 nitrogen and oxygen atoms in total. The predicted octanol–water partition coefficient (Wildman–Crippen LogP) is 2.00. The van der Waals surface area contributed by atoms with Gasteiger partial charge in [-0.25, -0.2) is 0 Å². The van der Waals surface area contributed by atoms with Gasteiger partial charge in [-0.05, 0) is 19.3 Å². The van der Waals surface area contributed by atoms with E-state index in [1.54, 1.807) is 0 Å². The summed E-state index contributed by atoms with van der Waals surface area (Å²) >= 11 is 5.79. The van der Waals surface area contributed by atoms with E-state index in [1.165, 1.54) is 0 Å². The van der Waals surface area contributed by atoms with Gasteiger partial charge in [-0.1, -0.05) is 11.6 Å². The fourth-order valence-electron chi connectivity index (χ4n) is 1.07. The van der Waals surface area contributed by atoms with Crippen molar-refractivity contribution in [2.24, 2.45) is 5.16 Å². The first-order chi connectivity index (χ1) is 4.34. The van der Waals surface area contributed by atoms with Crippen LogP contribution in [0.3, 0.4) is 0 Å². The van der Waals surface area contributed by atoms with Crippen molar-refractivity contribution < 1.29 is 5.21 Å². The summed E-state index contributed by atoms with van der Waals surface area (Å²) in [5, 5.41) is 11.5. The number of rotatable bonds is 0. The van der Waals surface area contributed by atoms with Gasteiger partial charge in [0.2, 0.25) is 0 Å². The van der Waals surface area contributed by atoms with Crippen molar-refractivity contribution in [1.82, 2.24) is 0 Å². The molecule has 1 atom stereocenters. The molecule has 1 fully saturated rings. The normalized spacial score (nSPS) is 33.0. The average Bonchev–Trinajstić information content (AvgIpc) is 1.89. The molecule has 0 bridgehead atoms. The van der Waals surface area contributed by atoms with E-state index < -0.39 is 0 Å². The molecular formula is C6H10ClNO. The minimum absolute atomic E-state index is 0.0104. The van der Waals surface area contributed by atoms with Crippen LogP contribution in [0, 0.1) is 0 Å². The summed E-state index contributed by atoms with van der Waals surface area (Å²) in [5.41, 5.74) is 0.753. The lowest BCUT2D eigenvalue weighted by Crippen LogP contribution is -2.18. The van der Waals surface area contributed by atoms with Gasteiger partial charge >= 0.3 is 0 Å². The van der Waals surface area contributed by atoms with Crippen LogP contribution in [-0.4, -0.2) is 16.3 Å².